The Balaban J connectivity index is 0.00000353. The van der Waals surface area contributed by atoms with Gasteiger partial charge >= 0.3 is 0 Å². The van der Waals surface area contributed by atoms with Crippen molar-refractivity contribution in [2.75, 3.05) is 13.4 Å². The lowest BCUT2D eigenvalue weighted by atomic mass is 9.87. The molecular weight excluding hydrogens is 478 g/mol. The Morgan fingerprint density at radius 1 is 1.00 bits per heavy atom. The summed E-state index contributed by atoms with van der Waals surface area (Å²) in [5.74, 6) is 1.85. The molecule has 1 atom stereocenters. The normalized spacial score (nSPS) is 15.8. The summed E-state index contributed by atoms with van der Waals surface area (Å²) in [6.45, 7) is 6.32. The first-order chi connectivity index (χ1) is 18.3. The fourth-order valence-corrected chi connectivity index (χ4v) is 5.31. The lowest BCUT2D eigenvalue weighted by Gasteiger charge is -2.18. The Labute approximate surface area is 225 Å². The van der Waals surface area contributed by atoms with E-state index in [1.54, 1.807) is 0 Å². The van der Waals surface area contributed by atoms with Gasteiger partial charge in [-0.05, 0) is 84.2 Å². The first kappa shape index (κ1) is 26.0. The maximum atomic E-state index is 13.5. The van der Waals surface area contributed by atoms with Crippen LogP contribution in [0.25, 0.3) is 11.1 Å². The highest BCUT2D eigenvalue weighted by molar-refractivity contribution is 5.96. The van der Waals surface area contributed by atoms with Crippen molar-refractivity contribution in [1.29, 1.82) is 0 Å². The van der Waals surface area contributed by atoms with Gasteiger partial charge in [0.15, 0.2) is 11.5 Å². The predicted octanol–water partition coefficient (Wildman–Crippen LogP) is 5.62. The molecule has 38 heavy (non-hydrogen) atoms. The third kappa shape index (κ3) is 5.32. The van der Waals surface area contributed by atoms with Crippen molar-refractivity contribution >= 4 is 11.7 Å². The zero-order valence-electron chi connectivity index (χ0n) is 22.3. The summed E-state index contributed by atoms with van der Waals surface area (Å²) >= 11 is 0. The summed E-state index contributed by atoms with van der Waals surface area (Å²) in [5.41, 5.74) is 5.23. The number of aliphatic hydroxyl groups excluding tert-OH is 1. The molecule has 2 aliphatic rings. The fourth-order valence-electron chi connectivity index (χ4n) is 5.31. The van der Waals surface area contributed by atoms with Gasteiger partial charge in [-0.2, -0.15) is 0 Å². The van der Waals surface area contributed by atoms with Gasteiger partial charge in [0.05, 0.1) is 18.1 Å². The molecule has 0 aromatic heterocycles. The summed E-state index contributed by atoms with van der Waals surface area (Å²) in [6, 6.07) is 19.2. The van der Waals surface area contributed by atoms with Gasteiger partial charge in [0.2, 0.25) is 6.79 Å². The van der Waals surface area contributed by atoms with Crippen LogP contribution in [0.3, 0.4) is 0 Å². The number of aliphatic hydroxyl groups is 1. The van der Waals surface area contributed by atoms with E-state index >= 15 is 0 Å². The Morgan fingerprint density at radius 2 is 1.74 bits per heavy atom. The van der Waals surface area contributed by atoms with Gasteiger partial charge in [0.1, 0.15) is 5.78 Å². The molecule has 0 bridgehead atoms. The number of hydrogen-bond donors (Lipinski definition) is 2. The fraction of sp³-hybridized carbons (Fsp3) is 0.375. The Bertz CT molecular complexity index is 1350. The number of carbonyl (C=O) groups excluding carboxylic acids is 2. The molecule has 1 heterocycles. The van der Waals surface area contributed by atoms with Crippen LogP contribution in [-0.2, 0) is 16.6 Å². The van der Waals surface area contributed by atoms with E-state index in [2.05, 4.69) is 31.3 Å². The van der Waals surface area contributed by atoms with Gasteiger partial charge in [-0.1, -0.05) is 50.2 Å². The maximum Gasteiger partial charge on any atom is 0.251 e. The number of Topliss-reactive ketones (excluding diaryl/α,β-unsaturated/α-hetero) is 1. The minimum Gasteiger partial charge on any atom is -0.454 e. The van der Waals surface area contributed by atoms with Crippen LogP contribution in [0.4, 0.5) is 0 Å². The predicted molar refractivity (Wildman–Crippen MR) is 149 cm³/mol. The molecular formula is C32H37NO5. The Hall–Kier alpha value is -3.64. The lowest BCUT2D eigenvalue weighted by molar-refractivity contribution is -0.120. The third-order valence-corrected chi connectivity index (χ3v) is 7.65. The van der Waals surface area contributed by atoms with Gasteiger partial charge in [0, 0.05) is 13.4 Å². The zero-order valence-corrected chi connectivity index (χ0v) is 22.3. The van der Waals surface area contributed by atoms with E-state index in [-0.39, 0.29) is 32.6 Å². The second kappa shape index (κ2) is 10.6. The highest BCUT2D eigenvalue weighted by Crippen LogP contribution is 2.51. The number of aryl methyl sites for hydroxylation is 1. The number of fused-ring (bicyclic) bond motifs is 1. The molecule has 1 aliphatic carbocycles. The molecule has 0 unspecified atom stereocenters. The number of amides is 1. The smallest absolute Gasteiger partial charge is 0.251 e. The van der Waals surface area contributed by atoms with Crippen LogP contribution >= 0.6 is 0 Å². The largest absolute Gasteiger partial charge is 0.454 e. The number of rotatable bonds is 10. The van der Waals surface area contributed by atoms with E-state index < -0.39 is 5.41 Å². The summed E-state index contributed by atoms with van der Waals surface area (Å²) in [7, 11) is 0. The van der Waals surface area contributed by atoms with E-state index in [1.807, 2.05) is 55.5 Å². The minimum absolute atomic E-state index is 0. The van der Waals surface area contributed by atoms with Gasteiger partial charge in [-0.25, -0.2) is 0 Å². The first-order valence-corrected chi connectivity index (χ1v) is 13.3. The SMILES string of the molecule is Cc1ccc(CC(=O)C2(c3ccc4c(c3)OCO4)CC2)cc1-c1ccc(C(=O)N[C@H](CO)CC(C)C)cc1.[HH]. The van der Waals surface area contributed by atoms with Crippen molar-refractivity contribution in [2.24, 2.45) is 5.92 Å². The molecule has 1 aliphatic heterocycles. The molecule has 200 valence electrons. The maximum absolute atomic E-state index is 13.5. The number of nitrogens with one attached hydrogen (secondary N) is 1. The van der Waals surface area contributed by atoms with Crippen LogP contribution in [0.5, 0.6) is 11.5 Å². The molecule has 0 saturated heterocycles. The van der Waals surface area contributed by atoms with Crippen LogP contribution in [0.15, 0.2) is 60.7 Å². The molecule has 2 N–H and O–H groups in total. The van der Waals surface area contributed by atoms with Crippen molar-refractivity contribution < 1.29 is 25.6 Å². The standard InChI is InChI=1S/C32H35NO5.H2/c1-20(2)14-26(18-34)33-31(36)24-8-6-23(7-9-24)27-15-22(5-4-21(27)3)16-30(35)32(12-13-32)25-10-11-28-29(17-25)38-19-37-28;/h4-11,15,17,20,26,34H,12-14,16,18-19H2,1-3H3,(H,33,36);1H/t26-;/m0./s1. The quantitative estimate of drug-likeness (QED) is 0.366. The number of ketones is 1. The van der Waals surface area contributed by atoms with Crippen LogP contribution in [0.1, 0.15) is 61.6 Å². The van der Waals surface area contributed by atoms with Crippen molar-refractivity contribution in [2.45, 2.75) is 57.9 Å². The second-order valence-electron chi connectivity index (χ2n) is 11.0. The van der Waals surface area contributed by atoms with Crippen LogP contribution in [0, 0.1) is 12.8 Å². The van der Waals surface area contributed by atoms with Crippen molar-refractivity contribution in [3.63, 3.8) is 0 Å². The molecule has 1 amide bonds. The number of hydrogen-bond acceptors (Lipinski definition) is 5. The van der Waals surface area contributed by atoms with E-state index in [4.69, 9.17) is 9.47 Å². The summed E-state index contributed by atoms with van der Waals surface area (Å²) in [6.07, 6.45) is 2.78. The van der Waals surface area contributed by atoms with E-state index in [9.17, 15) is 14.7 Å². The van der Waals surface area contributed by atoms with Crippen LogP contribution in [0.2, 0.25) is 0 Å². The molecule has 0 radical (unpaired) electrons. The number of benzene rings is 3. The van der Waals surface area contributed by atoms with Crippen LogP contribution < -0.4 is 14.8 Å². The van der Waals surface area contributed by atoms with Gasteiger partial charge < -0.3 is 19.9 Å². The minimum atomic E-state index is -0.441. The van der Waals surface area contributed by atoms with E-state index in [1.165, 1.54) is 0 Å². The van der Waals surface area contributed by atoms with E-state index in [0.717, 1.165) is 52.8 Å². The molecule has 6 nitrogen and oxygen atoms in total. The van der Waals surface area contributed by atoms with Gasteiger partial charge in [-0.15, -0.1) is 0 Å². The van der Waals surface area contributed by atoms with Crippen molar-refractivity contribution in [3.05, 3.63) is 82.9 Å². The lowest BCUT2D eigenvalue weighted by Crippen LogP contribution is -2.38. The van der Waals surface area contributed by atoms with E-state index in [0.29, 0.717) is 23.7 Å². The molecule has 1 fully saturated rings. The average Bonchev–Trinajstić information content (AvgIpc) is 3.59. The third-order valence-electron chi connectivity index (χ3n) is 7.65. The molecule has 5 rings (SSSR count). The Kier molecular flexibility index (Phi) is 7.26. The average molecular weight is 516 g/mol. The summed E-state index contributed by atoms with van der Waals surface area (Å²) in [4.78, 5) is 26.2. The van der Waals surface area contributed by atoms with Crippen LogP contribution in [-0.4, -0.2) is 36.2 Å². The summed E-state index contributed by atoms with van der Waals surface area (Å²) in [5, 5.41) is 12.5. The molecule has 0 spiro atoms. The number of carbonyl (C=O) groups is 2. The zero-order chi connectivity index (χ0) is 26.9. The molecule has 3 aromatic rings. The van der Waals surface area contributed by atoms with Gasteiger partial charge in [0.25, 0.3) is 5.91 Å². The molecule has 3 aromatic carbocycles. The first-order valence-electron chi connectivity index (χ1n) is 13.3. The monoisotopic (exact) mass is 515 g/mol. The topological polar surface area (TPSA) is 84.9 Å². The summed E-state index contributed by atoms with van der Waals surface area (Å²) < 4.78 is 11.0. The molecule has 1 saturated carbocycles. The number of ether oxygens (including phenoxy) is 2. The second-order valence-corrected chi connectivity index (χ2v) is 11.0. The van der Waals surface area contributed by atoms with Gasteiger partial charge in [-0.3, -0.25) is 9.59 Å². The van der Waals surface area contributed by atoms with Crippen molar-refractivity contribution in [3.8, 4) is 22.6 Å². The molecule has 6 heteroatoms. The van der Waals surface area contributed by atoms with Crippen molar-refractivity contribution in [1.82, 2.24) is 5.32 Å². The highest BCUT2D eigenvalue weighted by Gasteiger charge is 2.50. The Morgan fingerprint density at radius 3 is 2.42 bits per heavy atom. The highest BCUT2D eigenvalue weighted by atomic mass is 16.7.